The molecule has 0 radical (unpaired) electrons. The van der Waals surface area contributed by atoms with Gasteiger partial charge in [-0.15, -0.1) is 6.58 Å². The predicted molar refractivity (Wildman–Crippen MR) is 90.2 cm³/mol. The summed E-state index contributed by atoms with van der Waals surface area (Å²) in [6, 6.07) is 17.9. The summed E-state index contributed by atoms with van der Waals surface area (Å²) in [7, 11) is -1.07. The number of hydrogen-bond donors (Lipinski definition) is 0. The summed E-state index contributed by atoms with van der Waals surface area (Å²) >= 11 is 0. The largest absolute Gasteiger partial charge is 0.438 e. The Morgan fingerprint density at radius 2 is 1.67 bits per heavy atom. The Hall–Kier alpha value is -1.79. The summed E-state index contributed by atoms with van der Waals surface area (Å²) < 4.78 is 12.1. The molecule has 2 aromatic rings. The van der Waals surface area contributed by atoms with Crippen LogP contribution in [0.25, 0.3) is 0 Å². The first-order valence-corrected chi connectivity index (χ1v) is 8.45. The van der Waals surface area contributed by atoms with Gasteiger partial charge in [0.25, 0.3) is 8.38 Å². The standard InChI is InChI=1S/C18H21O2P/c1-4-14-21(19-16-10-6-5-7-11-16)20-18-13-9-8-12-17(18)15(2)3/h4-13,15H,1,14H2,2-3H3. The fraction of sp³-hybridized carbons (Fsp3) is 0.222. The summed E-state index contributed by atoms with van der Waals surface area (Å²) in [4.78, 5) is 0. The van der Waals surface area contributed by atoms with Crippen LogP contribution in [0.4, 0.5) is 0 Å². The van der Waals surface area contributed by atoms with E-state index in [0.717, 1.165) is 11.5 Å². The topological polar surface area (TPSA) is 18.5 Å². The van der Waals surface area contributed by atoms with Crippen molar-refractivity contribution < 1.29 is 9.05 Å². The van der Waals surface area contributed by atoms with E-state index >= 15 is 0 Å². The Morgan fingerprint density at radius 1 is 1.00 bits per heavy atom. The summed E-state index contributed by atoms with van der Waals surface area (Å²) in [5.41, 5.74) is 1.20. The third-order valence-electron chi connectivity index (χ3n) is 2.97. The molecular weight excluding hydrogens is 279 g/mol. The molecule has 0 fully saturated rings. The molecule has 2 nitrogen and oxygen atoms in total. The van der Waals surface area contributed by atoms with Crippen LogP contribution in [-0.2, 0) is 0 Å². The first-order chi connectivity index (χ1) is 10.2. The second-order valence-electron chi connectivity index (χ2n) is 4.99. The maximum Gasteiger partial charge on any atom is 0.294 e. The molecule has 0 heterocycles. The predicted octanol–water partition coefficient (Wildman–Crippen LogP) is 5.77. The van der Waals surface area contributed by atoms with E-state index in [0.29, 0.717) is 12.1 Å². The zero-order chi connectivity index (χ0) is 15.1. The van der Waals surface area contributed by atoms with Gasteiger partial charge in [0, 0.05) is 0 Å². The van der Waals surface area contributed by atoms with Crippen molar-refractivity contribution in [1.29, 1.82) is 0 Å². The van der Waals surface area contributed by atoms with Crippen molar-refractivity contribution in [2.45, 2.75) is 19.8 Å². The van der Waals surface area contributed by atoms with Gasteiger partial charge in [0.2, 0.25) is 0 Å². The van der Waals surface area contributed by atoms with Crippen molar-refractivity contribution in [3.8, 4) is 11.5 Å². The molecule has 0 N–H and O–H groups in total. The highest BCUT2D eigenvalue weighted by atomic mass is 31.2. The Morgan fingerprint density at radius 3 is 2.33 bits per heavy atom. The number of benzene rings is 2. The third-order valence-corrected chi connectivity index (χ3v) is 4.34. The average Bonchev–Trinajstić information content (AvgIpc) is 2.49. The first kappa shape index (κ1) is 15.6. The maximum absolute atomic E-state index is 6.12. The van der Waals surface area contributed by atoms with Gasteiger partial charge in [0.05, 0.1) is 6.16 Å². The van der Waals surface area contributed by atoms with E-state index in [1.807, 2.05) is 54.6 Å². The molecule has 0 spiro atoms. The molecule has 0 aromatic heterocycles. The molecule has 3 heteroatoms. The number of allylic oxidation sites excluding steroid dienone is 1. The molecule has 0 aliphatic rings. The zero-order valence-corrected chi connectivity index (χ0v) is 13.4. The van der Waals surface area contributed by atoms with E-state index in [1.165, 1.54) is 5.56 Å². The van der Waals surface area contributed by atoms with Crippen molar-refractivity contribution >= 4 is 8.38 Å². The molecule has 110 valence electrons. The van der Waals surface area contributed by atoms with Crippen LogP contribution < -0.4 is 9.05 Å². The number of hydrogen-bond acceptors (Lipinski definition) is 2. The fourth-order valence-corrected chi connectivity index (χ4v) is 3.09. The first-order valence-electron chi connectivity index (χ1n) is 7.09. The fourth-order valence-electron chi connectivity index (χ4n) is 1.95. The molecule has 21 heavy (non-hydrogen) atoms. The van der Waals surface area contributed by atoms with E-state index in [2.05, 4.69) is 26.5 Å². The van der Waals surface area contributed by atoms with Crippen molar-refractivity contribution in [1.82, 2.24) is 0 Å². The van der Waals surface area contributed by atoms with E-state index in [-0.39, 0.29) is 0 Å². The van der Waals surface area contributed by atoms with E-state index in [4.69, 9.17) is 9.05 Å². The van der Waals surface area contributed by atoms with Crippen molar-refractivity contribution in [2.75, 3.05) is 6.16 Å². The smallest absolute Gasteiger partial charge is 0.294 e. The highest BCUT2D eigenvalue weighted by molar-refractivity contribution is 7.48. The zero-order valence-electron chi connectivity index (χ0n) is 12.5. The molecule has 1 atom stereocenters. The van der Waals surface area contributed by atoms with Crippen molar-refractivity contribution in [3.63, 3.8) is 0 Å². The van der Waals surface area contributed by atoms with Gasteiger partial charge in [-0.05, 0) is 29.7 Å². The summed E-state index contributed by atoms with van der Waals surface area (Å²) in [5.74, 6) is 2.14. The van der Waals surface area contributed by atoms with Gasteiger partial charge in [-0.25, -0.2) is 0 Å². The second-order valence-corrected chi connectivity index (χ2v) is 6.39. The molecule has 0 bridgehead atoms. The Bertz CT molecular complexity index is 566. The van der Waals surface area contributed by atoms with Crippen molar-refractivity contribution in [3.05, 3.63) is 72.8 Å². The van der Waals surface area contributed by atoms with Crippen LogP contribution in [0.3, 0.4) is 0 Å². The monoisotopic (exact) mass is 300 g/mol. The summed E-state index contributed by atoms with van der Waals surface area (Å²) in [6.07, 6.45) is 2.53. The molecule has 0 saturated carbocycles. The molecule has 2 rings (SSSR count). The van der Waals surface area contributed by atoms with E-state index in [1.54, 1.807) is 0 Å². The summed E-state index contributed by atoms with van der Waals surface area (Å²) in [5, 5.41) is 0. The molecular formula is C18H21O2P. The van der Waals surface area contributed by atoms with Crippen LogP contribution in [0, 0.1) is 0 Å². The molecule has 1 unspecified atom stereocenters. The van der Waals surface area contributed by atoms with E-state index in [9.17, 15) is 0 Å². The third kappa shape index (κ3) is 4.61. The van der Waals surface area contributed by atoms with Crippen LogP contribution in [-0.4, -0.2) is 6.16 Å². The lowest BCUT2D eigenvalue weighted by Crippen LogP contribution is -2.01. The Kier molecular flexibility index (Phi) is 5.83. The van der Waals surface area contributed by atoms with Crippen LogP contribution in [0.1, 0.15) is 25.3 Å². The van der Waals surface area contributed by atoms with Gasteiger partial charge >= 0.3 is 0 Å². The van der Waals surface area contributed by atoms with Gasteiger partial charge < -0.3 is 9.05 Å². The van der Waals surface area contributed by atoms with Crippen molar-refractivity contribution in [2.24, 2.45) is 0 Å². The highest BCUT2D eigenvalue weighted by Gasteiger charge is 2.16. The Labute approximate surface area is 128 Å². The molecule has 0 aliphatic carbocycles. The quantitative estimate of drug-likeness (QED) is 0.477. The number of para-hydroxylation sites is 2. The number of rotatable bonds is 7. The van der Waals surface area contributed by atoms with E-state index < -0.39 is 8.38 Å². The molecule has 0 saturated heterocycles. The molecule has 0 aliphatic heterocycles. The lowest BCUT2D eigenvalue weighted by atomic mass is 10.0. The Balaban J connectivity index is 2.15. The maximum atomic E-state index is 6.12. The lowest BCUT2D eigenvalue weighted by Gasteiger charge is -2.20. The second kappa shape index (κ2) is 7.85. The minimum atomic E-state index is -1.07. The van der Waals surface area contributed by atoms with Gasteiger partial charge in [-0.3, -0.25) is 0 Å². The highest BCUT2D eigenvalue weighted by Crippen LogP contribution is 2.42. The minimum Gasteiger partial charge on any atom is -0.438 e. The average molecular weight is 300 g/mol. The molecule has 2 aromatic carbocycles. The van der Waals surface area contributed by atoms with Gasteiger partial charge in [0.15, 0.2) is 0 Å². The van der Waals surface area contributed by atoms with Crippen LogP contribution in [0.15, 0.2) is 67.3 Å². The van der Waals surface area contributed by atoms with Crippen LogP contribution in [0.5, 0.6) is 11.5 Å². The molecule has 0 amide bonds. The van der Waals surface area contributed by atoms with Crippen LogP contribution in [0.2, 0.25) is 0 Å². The lowest BCUT2D eigenvalue weighted by molar-refractivity contribution is 0.487. The SMILES string of the molecule is C=CCP(Oc1ccccc1)Oc1ccccc1C(C)C. The summed E-state index contributed by atoms with van der Waals surface area (Å²) in [6.45, 7) is 8.12. The minimum absolute atomic E-state index is 0.415. The van der Waals surface area contributed by atoms with Gasteiger partial charge in [-0.2, -0.15) is 0 Å². The normalized spacial score (nSPS) is 12.0. The van der Waals surface area contributed by atoms with Gasteiger partial charge in [-0.1, -0.05) is 56.3 Å². The van der Waals surface area contributed by atoms with Gasteiger partial charge in [0.1, 0.15) is 11.5 Å². The van der Waals surface area contributed by atoms with Crippen LogP contribution >= 0.6 is 8.38 Å².